The zero-order valence-electron chi connectivity index (χ0n) is 12.2. The minimum Gasteiger partial charge on any atom is -0.383 e. The molecular weight excluding hydrogens is 272 g/mol. The van der Waals surface area contributed by atoms with Gasteiger partial charge in [0, 0.05) is 19.9 Å². The Bertz CT molecular complexity index is 542. The predicted octanol–water partition coefficient (Wildman–Crippen LogP) is 0.257. The van der Waals surface area contributed by atoms with Crippen LogP contribution >= 0.6 is 0 Å². The lowest BCUT2D eigenvalue weighted by Crippen LogP contribution is -2.61. The summed E-state index contributed by atoms with van der Waals surface area (Å²) in [6.45, 7) is 2.01. The quantitative estimate of drug-likeness (QED) is 0.798. The van der Waals surface area contributed by atoms with E-state index in [0.29, 0.717) is 25.4 Å². The molecule has 1 aromatic heterocycles. The number of amides is 2. The van der Waals surface area contributed by atoms with Crippen molar-refractivity contribution in [2.75, 3.05) is 31.7 Å². The van der Waals surface area contributed by atoms with Crippen LogP contribution in [0.15, 0.2) is 12.4 Å². The highest BCUT2D eigenvalue weighted by molar-refractivity contribution is 6.06. The van der Waals surface area contributed by atoms with Gasteiger partial charge >= 0.3 is 0 Å². The molecule has 0 aromatic carbocycles. The van der Waals surface area contributed by atoms with E-state index < -0.39 is 0 Å². The van der Waals surface area contributed by atoms with E-state index in [2.05, 4.69) is 5.10 Å². The lowest BCUT2D eigenvalue weighted by atomic mass is 9.98. The molecule has 0 saturated carbocycles. The molecule has 2 amide bonds. The number of rotatable bonds is 4. The van der Waals surface area contributed by atoms with E-state index in [-0.39, 0.29) is 24.4 Å². The lowest BCUT2D eigenvalue weighted by Gasteiger charge is -2.42. The minimum absolute atomic E-state index is 0.0144. The van der Waals surface area contributed by atoms with Crippen LogP contribution in [0.1, 0.15) is 19.3 Å². The third kappa shape index (κ3) is 2.65. The molecule has 7 nitrogen and oxygen atoms in total. The molecule has 0 bridgehead atoms. The fourth-order valence-electron chi connectivity index (χ4n) is 2.99. The van der Waals surface area contributed by atoms with Gasteiger partial charge in [-0.25, -0.2) is 0 Å². The number of fused-ring (bicyclic) bond motifs is 1. The molecule has 1 unspecified atom stereocenters. The average molecular weight is 292 g/mol. The second-order valence-electron chi connectivity index (χ2n) is 5.48. The SMILES string of the molecule is COCCn1cc(N2CC(=O)N3CCCCC3C2=O)cn1. The second-order valence-corrected chi connectivity index (χ2v) is 5.48. The second kappa shape index (κ2) is 5.85. The lowest BCUT2D eigenvalue weighted by molar-refractivity contribution is -0.144. The van der Waals surface area contributed by atoms with Gasteiger partial charge in [0.1, 0.15) is 12.6 Å². The van der Waals surface area contributed by atoms with Crippen molar-refractivity contribution in [2.45, 2.75) is 31.8 Å². The van der Waals surface area contributed by atoms with Crippen molar-refractivity contribution in [1.82, 2.24) is 14.7 Å². The maximum Gasteiger partial charge on any atom is 0.250 e. The molecule has 1 aromatic rings. The smallest absolute Gasteiger partial charge is 0.250 e. The van der Waals surface area contributed by atoms with Gasteiger partial charge in [-0.2, -0.15) is 5.10 Å². The summed E-state index contributed by atoms with van der Waals surface area (Å²) in [7, 11) is 1.63. The van der Waals surface area contributed by atoms with Crippen molar-refractivity contribution >= 4 is 17.5 Å². The summed E-state index contributed by atoms with van der Waals surface area (Å²) in [5, 5.41) is 4.21. The largest absolute Gasteiger partial charge is 0.383 e. The van der Waals surface area contributed by atoms with Crippen LogP contribution < -0.4 is 4.90 Å². The summed E-state index contributed by atoms with van der Waals surface area (Å²) in [5.41, 5.74) is 0.690. The first-order valence-electron chi connectivity index (χ1n) is 7.33. The van der Waals surface area contributed by atoms with E-state index in [4.69, 9.17) is 4.74 Å². The first-order valence-corrected chi connectivity index (χ1v) is 7.33. The van der Waals surface area contributed by atoms with Crippen LogP contribution in [0.2, 0.25) is 0 Å². The Balaban J connectivity index is 1.77. The van der Waals surface area contributed by atoms with Crippen LogP contribution in [0, 0.1) is 0 Å². The van der Waals surface area contributed by atoms with Crippen molar-refractivity contribution in [3.63, 3.8) is 0 Å². The van der Waals surface area contributed by atoms with Gasteiger partial charge in [0.05, 0.1) is 25.0 Å². The Kier molecular flexibility index (Phi) is 3.92. The zero-order valence-corrected chi connectivity index (χ0v) is 12.2. The standard InChI is InChI=1S/C14H20N4O3/c1-21-7-6-16-9-11(8-15-16)18-10-13(19)17-5-3-2-4-12(17)14(18)20/h8-9,12H,2-7,10H2,1H3. The number of nitrogens with zero attached hydrogens (tertiary/aromatic N) is 4. The molecule has 0 aliphatic carbocycles. The van der Waals surface area contributed by atoms with E-state index >= 15 is 0 Å². The minimum atomic E-state index is -0.290. The molecule has 3 heterocycles. The van der Waals surface area contributed by atoms with Gasteiger partial charge < -0.3 is 9.64 Å². The first kappa shape index (κ1) is 14.1. The molecule has 2 aliphatic heterocycles. The summed E-state index contributed by atoms with van der Waals surface area (Å²) in [6, 6.07) is -0.290. The molecular formula is C14H20N4O3. The number of methoxy groups -OCH3 is 1. The van der Waals surface area contributed by atoms with E-state index in [1.165, 1.54) is 0 Å². The Labute approximate surface area is 123 Å². The topological polar surface area (TPSA) is 67.7 Å². The number of anilines is 1. The van der Waals surface area contributed by atoms with Gasteiger partial charge in [-0.1, -0.05) is 0 Å². The van der Waals surface area contributed by atoms with Crippen LogP contribution in [0.4, 0.5) is 5.69 Å². The molecule has 21 heavy (non-hydrogen) atoms. The van der Waals surface area contributed by atoms with Gasteiger partial charge in [0.15, 0.2) is 0 Å². The number of hydrogen-bond donors (Lipinski definition) is 0. The zero-order chi connectivity index (χ0) is 14.8. The van der Waals surface area contributed by atoms with E-state index in [1.807, 2.05) is 0 Å². The van der Waals surface area contributed by atoms with Crippen LogP contribution in [0.25, 0.3) is 0 Å². The van der Waals surface area contributed by atoms with Crippen molar-refractivity contribution in [1.29, 1.82) is 0 Å². The van der Waals surface area contributed by atoms with Crippen molar-refractivity contribution < 1.29 is 14.3 Å². The Morgan fingerprint density at radius 2 is 2.24 bits per heavy atom. The normalized spacial score (nSPS) is 22.6. The van der Waals surface area contributed by atoms with Crippen LogP contribution in [-0.2, 0) is 20.9 Å². The summed E-state index contributed by atoms with van der Waals surface area (Å²) in [5.74, 6) is 0.0459. The number of aromatic nitrogens is 2. The molecule has 2 fully saturated rings. The van der Waals surface area contributed by atoms with E-state index in [9.17, 15) is 9.59 Å². The molecule has 0 radical (unpaired) electrons. The number of carbonyl (C=O) groups is 2. The molecule has 3 rings (SSSR count). The van der Waals surface area contributed by atoms with Gasteiger partial charge in [-0.05, 0) is 19.3 Å². The number of piperidine rings is 1. The highest BCUT2D eigenvalue weighted by Gasteiger charge is 2.41. The Hall–Kier alpha value is -1.89. The van der Waals surface area contributed by atoms with Crippen molar-refractivity contribution in [3.05, 3.63) is 12.4 Å². The van der Waals surface area contributed by atoms with Gasteiger partial charge in [-0.15, -0.1) is 0 Å². The average Bonchev–Trinajstić information content (AvgIpc) is 2.97. The van der Waals surface area contributed by atoms with Crippen molar-refractivity contribution in [2.24, 2.45) is 0 Å². The molecule has 2 saturated heterocycles. The fourth-order valence-corrected chi connectivity index (χ4v) is 2.99. The monoisotopic (exact) mass is 292 g/mol. The molecule has 0 N–H and O–H groups in total. The molecule has 2 aliphatic rings. The van der Waals surface area contributed by atoms with Crippen LogP contribution in [0.5, 0.6) is 0 Å². The molecule has 0 spiro atoms. The molecule has 7 heteroatoms. The van der Waals surface area contributed by atoms with E-state index in [1.54, 1.807) is 34.0 Å². The number of hydrogen-bond acceptors (Lipinski definition) is 4. The van der Waals surface area contributed by atoms with Gasteiger partial charge in [0.25, 0.3) is 0 Å². The molecule has 114 valence electrons. The molecule has 1 atom stereocenters. The number of ether oxygens (including phenoxy) is 1. The predicted molar refractivity (Wildman–Crippen MR) is 75.8 cm³/mol. The van der Waals surface area contributed by atoms with Gasteiger partial charge in [0.2, 0.25) is 11.8 Å². The Morgan fingerprint density at radius 1 is 1.38 bits per heavy atom. The van der Waals surface area contributed by atoms with E-state index in [0.717, 1.165) is 19.3 Å². The van der Waals surface area contributed by atoms with Crippen LogP contribution in [0.3, 0.4) is 0 Å². The maximum absolute atomic E-state index is 12.6. The third-order valence-electron chi connectivity index (χ3n) is 4.12. The van der Waals surface area contributed by atoms with Crippen molar-refractivity contribution in [3.8, 4) is 0 Å². The summed E-state index contributed by atoms with van der Waals surface area (Å²) in [6.07, 6.45) is 6.19. The summed E-state index contributed by atoms with van der Waals surface area (Å²) >= 11 is 0. The summed E-state index contributed by atoms with van der Waals surface area (Å²) < 4.78 is 6.73. The maximum atomic E-state index is 12.6. The number of piperazine rings is 1. The van der Waals surface area contributed by atoms with Crippen LogP contribution in [-0.4, -0.2) is 59.3 Å². The number of carbonyl (C=O) groups excluding carboxylic acids is 2. The highest BCUT2D eigenvalue weighted by atomic mass is 16.5. The fraction of sp³-hybridized carbons (Fsp3) is 0.643. The first-order chi connectivity index (χ1) is 10.2. The Morgan fingerprint density at radius 3 is 3.05 bits per heavy atom. The summed E-state index contributed by atoms with van der Waals surface area (Å²) in [4.78, 5) is 28.1. The third-order valence-corrected chi connectivity index (χ3v) is 4.12. The van der Waals surface area contributed by atoms with Gasteiger partial charge in [-0.3, -0.25) is 19.2 Å². The highest BCUT2D eigenvalue weighted by Crippen LogP contribution is 2.26.